The number of hydrogen-bond donors (Lipinski definition) is 2. The Morgan fingerprint density at radius 3 is 2.33 bits per heavy atom. The molecular weight excluding hydrogens is 230 g/mol. The van der Waals surface area contributed by atoms with E-state index in [1.54, 1.807) is 0 Å². The molecule has 0 saturated heterocycles. The Morgan fingerprint density at radius 2 is 1.78 bits per heavy atom. The van der Waals surface area contributed by atoms with Crippen molar-refractivity contribution in [3.63, 3.8) is 0 Å². The van der Waals surface area contributed by atoms with Crippen molar-refractivity contribution in [1.82, 2.24) is 5.32 Å². The summed E-state index contributed by atoms with van der Waals surface area (Å²) in [7, 11) is 0. The quantitative estimate of drug-likeness (QED) is 0.742. The van der Waals surface area contributed by atoms with Gasteiger partial charge in [0.2, 0.25) is 5.91 Å². The van der Waals surface area contributed by atoms with E-state index in [9.17, 15) is 14.7 Å². The van der Waals surface area contributed by atoms with Crippen molar-refractivity contribution in [3.8, 4) is 0 Å². The van der Waals surface area contributed by atoms with Gasteiger partial charge in [-0.2, -0.15) is 0 Å². The third-order valence-corrected chi connectivity index (χ3v) is 4.02. The number of carboxylic acids is 1. The molecule has 0 aromatic rings. The summed E-state index contributed by atoms with van der Waals surface area (Å²) >= 11 is 0. The van der Waals surface area contributed by atoms with Crippen LogP contribution in [-0.2, 0) is 9.59 Å². The van der Waals surface area contributed by atoms with E-state index in [1.165, 1.54) is 0 Å². The molecule has 0 spiro atoms. The first kappa shape index (κ1) is 15.0. The molecule has 2 N–H and O–H groups in total. The summed E-state index contributed by atoms with van der Waals surface area (Å²) in [5.74, 6) is -1.14. The normalized spacial score (nSPS) is 24.6. The molecule has 2 atom stereocenters. The van der Waals surface area contributed by atoms with Gasteiger partial charge in [0.05, 0.1) is 5.92 Å². The van der Waals surface area contributed by atoms with E-state index < -0.39 is 11.9 Å². The Kier molecular flexibility index (Phi) is 6.16. The largest absolute Gasteiger partial charge is 0.481 e. The molecule has 0 radical (unpaired) electrons. The molecule has 0 heterocycles. The van der Waals surface area contributed by atoms with Crippen LogP contribution in [0.3, 0.4) is 0 Å². The number of carboxylic acid groups (broad SMARTS) is 1. The van der Waals surface area contributed by atoms with Gasteiger partial charge in [0.25, 0.3) is 0 Å². The molecule has 0 aliphatic heterocycles. The maximum Gasteiger partial charge on any atom is 0.308 e. The van der Waals surface area contributed by atoms with Crippen LogP contribution in [0.25, 0.3) is 0 Å². The predicted octanol–water partition coefficient (Wildman–Crippen LogP) is 2.57. The second-order valence-electron chi connectivity index (χ2n) is 5.21. The van der Waals surface area contributed by atoms with Crippen molar-refractivity contribution >= 4 is 11.9 Å². The van der Waals surface area contributed by atoms with E-state index in [2.05, 4.69) is 5.32 Å². The first-order valence-corrected chi connectivity index (χ1v) is 7.13. The molecule has 1 saturated carbocycles. The second kappa shape index (κ2) is 7.39. The summed E-state index contributed by atoms with van der Waals surface area (Å²) < 4.78 is 0. The molecule has 1 aliphatic rings. The average molecular weight is 255 g/mol. The van der Waals surface area contributed by atoms with Gasteiger partial charge in [-0.3, -0.25) is 9.59 Å². The number of hydrogen-bond acceptors (Lipinski definition) is 2. The van der Waals surface area contributed by atoms with Crippen molar-refractivity contribution in [3.05, 3.63) is 0 Å². The van der Waals surface area contributed by atoms with Gasteiger partial charge < -0.3 is 10.4 Å². The lowest BCUT2D eigenvalue weighted by atomic mass is 9.93. The van der Waals surface area contributed by atoms with Crippen LogP contribution in [0.4, 0.5) is 0 Å². The van der Waals surface area contributed by atoms with Crippen molar-refractivity contribution in [2.45, 2.75) is 64.8 Å². The zero-order valence-corrected chi connectivity index (χ0v) is 11.4. The molecule has 104 valence electrons. The maximum atomic E-state index is 12.0. The van der Waals surface area contributed by atoms with E-state index in [-0.39, 0.29) is 17.9 Å². The van der Waals surface area contributed by atoms with Crippen molar-refractivity contribution in [2.24, 2.45) is 11.8 Å². The third kappa shape index (κ3) is 4.00. The lowest BCUT2D eigenvalue weighted by Gasteiger charge is -2.25. The minimum absolute atomic E-state index is 0.0164. The Bertz CT molecular complexity index is 287. The minimum Gasteiger partial charge on any atom is -0.481 e. The number of amides is 1. The molecule has 0 aromatic carbocycles. The van der Waals surface area contributed by atoms with Gasteiger partial charge in [-0.1, -0.05) is 33.1 Å². The molecule has 0 unspecified atom stereocenters. The zero-order valence-electron chi connectivity index (χ0n) is 11.4. The molecule has 1 rings (SSSR count). The highest BCUT2D eigenvalue weighted by atomic mass is 16.4. The second-order valence-corrected chi connectivity index (χ2v) is 5.21. The van der Waals surface area contributed by atoms with Crippen LogP contribution in [0.5, 0.6) is 0 Å². The molecule has 0 aromatic heterocycles. The fourth-order valence-electron chi connectivity index (χ4n) is 2.74. The van der Waals surface area contributed by atoms with E-state index in [0.717, 1.165) is 38.5 Å². The Balaban J connectivity index is 2.65. The fraction of sp³-hybridized carbons (Fsp3) is 0.857. The number of nitrogens with one attached hydrogen (secondary N) is 1. The van der Waals surface area contributed by atoms with Gasteiger partial charge in [0, 0.05) is 12.0 Å². The zero-order chi connectivity index (χ0) is 13.5. The van der Waals surface area contributed by atoms with Crippen molar-refractivity contribution in [1.29, 1.82) is 0 Å². The van der Waals surface area contributed by atoms with Crippen molar-refractivity contribution < 1.29 is 14.7 Å². The summed E-state index contributed by atoms with van der Waals surface area (Å²) in [4.78, 5) is 23.3. The summed E-state index contributed by atoms with van der Waals surface area (Å²) in [6.07, 6.45) is 6.14. The first-order valence-electron chi connectivity index (χ1n) is 7.13. The monoisotopic (exact) mass is 255 g/mol. The van der Waals surface area contributed by atoms with Crippen LogP contribution >= 0.6 is 0 Å². The Hall–Kier alpha value is -1.06. The van der Waals surface area contributed by atoms with Gasteiger partial charge >= 0.3 is 5.97 Å². The highest BCUT2D eigenvalue weighted by Gasteiger charge is 2.31. The predicted molar refractivity (Wildman–Crippen MR) is 70.2 cm³/mol. The van der Waals surface area contributed by atoms with Crippen LogP contribution in [0.15, 0.2) is 0 Å². The maximum absolute atomic E-state index is 12.0. The molecule has 1 aliphatic carbocycles. The fourth-order valence-corrected chi connectivity index (χ4v) is 2.74. The number of carbonyl (C=O) groups is 2. The summed E-state index contributed by atoms with van der Waals surface area (Å²) in [6, 6.07) is -0.182. The number of carbonyl (C=O) groups excluding carboxylic acids is 1. The van der Waals surface area contributed by atoms with E-state index in [1.807, 2.05) is 13.8 Å². The highest BCUT2D eigenvalue weighted by Crippen LogP contribution is 2.24. The van der Waals surface area contributed by atoms with E-state index >= 15 is 0 Å². The number of aliphatic carboxylic acids is 1. The summed E-state index contributed by atoms with van der Waals surface area (Å²) in [5.41, 5.74) is 0. The molecule has 1 fully saturated rings. The standard InChI is InChI=1S/C14H25NO3/c1-3-10(4-2)13(16)15-12-9-7-5-6-8-11(12)14(17)18/h10-12H,3-9H2,1-2H3,(H,15,16)(H,17,18)/t11-,12+/m1/s1. The SMILES string of the molecule is CCC(CC)C(=O)N[C@H]1CCCCC[C@H]1C(=O)O. The molecule has 4 nitrogen and oxygen atoms in total. The van der Waals surface area contributed by atoms with Crippen LogP contribution in [-0.4, -0.2) is 23.0 Å². The average Bonchev–Trinajstić information content (AvgIpc) is 2.56. The smallest absolute Gasteiger partial charge is 0.308 e. The molecule has 18 heavy (non-hydrogen) atoms. The molecular formula is C14H25NO3. The van der Waals surface area contributed by atoms with Crippen LogP contribution < -0.4 is 5.32 Å². The Morgan fingerprint density at radius 1 is 1.17 bits per heavy atom. The highest BCUT2D eigenvalue weighted by molar-refractivity contribution is 5.80. The summed E-state index contributed by atoms with van der Waals surface area (Å²) in [5, 5.41) is 12.2. The summed E-state index contributed by atoms with van der Waals surface area (Å²) in [6.45, 7) is 3.99. The number of rotatable bonds is 5. The lowest BCUT2D eigenvalue weighted by molar-refractivity contribution is -0.143. The first-order chi connectivity index (χ1) is 8.60. The minimum atomic E-state index is -0.772. The van der Waals surface area contributed by atoms with Gasteiger partial charge in [0.1, 0.15) is 0 Å². The topological polar surface area (TPSA) is 66.4 Å². The molecule has 1 amide bonds. The van der Waals surface area contributed by atoms with Gasteiger partial charge in [0.15, 0.2) is 0 Å². The van der Waals surface area contributed by atoms with Crippen molar-refractivity contribution in [2.75, 3.05) is 0 Å². The van der Waals surface area contributed by atoms with Crippen LogP contribution in [0.2, 0.25) is 0 Å². The van der Waals surface area contributed by atoms with Crippen LogP contribution in [0, 0.1) is 11.8 Å². The van der Waals surface area contributed by atoms with Gasteiger partial charge in [-0.25, -0.2) is 0 Å². The van der Waals surface area contributed by atoms with E-state index in [0.29, 0.717) is 6.42 Å². The lowest BCUT2D eigenvalue weighted by Crippen LogP contribution is -2.45. The molecule has 4 heteroatoms. The van der Waals surface area contributed by atoms with Gasteiger partial charge in [-0.15, -0.1) is 0 Å². The third-order valence-electron chi connectivity index (χ3n) is 4.02. The van der Waals surface area contributed by atoms with E-state index in [4.69, 9.17) is 0 Å². The molecule has 0 bridgehead atoms. The van der Waals surface area contributed by atoms with Gasteiger partial charge in [-0.05, 0) is 25.7 Å². The van der Waals surface area contributed by atoms with Crippen LogP contribution in [0.1, 0.15) is 58.8 Å². The Labute approximate surface area is 109 Å².